The van der Waals surface area contributed by atoms with Crippen LogP contribution in [0, 0.1) is 0 Å². The van der Waals surface area contributed by atoms with Gasteiger partial charge in [0.05, 0.1) is 0 Å². The Morgan fingerprint density at radius 2 is 1.50 bits per heavy atom. The van der Waals surface area contributed by atoms with Crippen LogP contribution < -0.4 is 4.90 Å². The molecule has 94 valence electrons. The fourth-order valence-electron chi connectivity index (χ4n) is 1.61. The topological polar surface area (TPSA) is 4.44 Å². The standard InChI is InChI=1S/C15H15Br2N/c16-10-4-6-12-18(13-7-5-11-17)14-15-8-2-1-3-9-15/h1-3,6-11H,12-14H2/p+1. The number of quaternary nitrogens is 1. The SMILES string of the molecule is BrC=C=CC[NH+](CC=C=CBr)Cc1ccccc1. The normalized spacial score (nSPS) is 10.8. The van der Waals surface area contributed by atoms with Gasteiger partial charge in [0.2, 0.25) is 0 Å². The second-order valence-electron chi connectivity index (χ2n) is 3.78. The maximum atomic E-state index is 3.22. The monoisotopic (exact) mass is 368 g/mol. The van der Waals surface area contributed by atoms with Gasteiger partial charge in [-0.05, 0) is 0 Å². The van der Waals surface area contributed by atoms with Crippen molar-refractivity contribution in [2.24, 2.45) is 0 Å². The number of hydrogen-bond donors (Lipinski definition) is 1. The van der Waals surface area contributed by atoms with E-state index in [1.54, 1.807) is 9.97 Å². The van der Waals surface area contributed by atoms with E-state index in [2.05, 4.69) is 67.6 Å². The second-order valence-corrected chi connectivity index (χ2v) is 4.70. The van der Waals surface area contributed by atoms with E-state index < -0.39 is 0 Å². The summed E-state index contributed by atoms with van der Waals surface area (Å²) in [6.07, 6.45) is 4.08. The Morgan fingerprint density at radius 3 is 2.00 bits per heavy atom. The molecular formula is C15H16Br2N+. The van der Waals surface area contributed by atoms with Crippen LogP contribution in [0.2, 0.25) is 0 Å². The first-order valence-corrected chi connectivity index (χ1v) is 7.56. The number of nitrogens with one attached hydrogen (secondary N) is 1. The zero-order chi connectivity index (χ0) is 13.1. The van der Waals surface area contributed by atoms with Crippen LogP contribution in [0.25, 0.3) is 0 Å². The van der Waals surface area contributed by atoms with Crippen LogP contribution in [0.3, 0.4) is 0 Å². The predicted molar refractivity (Wildman–Crippen MR) is 84.0 cm³/mol. The third kappa shape index (κ3) is 6.80. The van der Waals surface area contributed by atoms with E-state index in [0.29, 0.717) is 0 Å². The molecular weight excluding hydrogens is 354 g/mol. The van der Waals surface area contributed by atoms with Gasteiger partial charge >= 0.3 is 0 Å². The van der Waals surface area contributed by atoms with Crippen LogP contribution in [0.15, 0.2) is 63.9 Å². The van der Waals surface area contributed by atoms with E-state index in [9.17, 15) is 0 Å². The van der Waals surface area contributed by atoms with Crippen LogP contribution in [0.5, 0.6) is 0 Å². The van der Waals surface area contributed by atoms with Crippen molar-refractivity contribution in [3.63, 3.8) is 0 Å². The molecule has 1 aromatic rings. The largest absolute Gasteiger partial charge is 0.324 e. The van der Waals surface area contributed by atoms with Gasteiger partial charge in [0.25, 0.3) is 0 Å². The molecule has 1 rings (SSSR count). The predicted octanol–water partition coefficient (Wildman–Crippen LogP) is 3.20. The molecule has 18 heavy (non-hydrogen) atoms. The number of benzene rings is 1. The van der Waals surface area contributed by atoms with Gasteiger partial charge in [-0.15, -0.1) is 11.5 Å². The van der Waals surface area contributed by atoms with E-state index >= 15 is 0 Å². The first-order valence-electron chi connectivity index (χ1n) is 5.73. The van der Waals surface area contributed by atoms with Gasteiger partial charge in [-0.2, -0.15) is 0 Å². The molecule has 0 spiro atoms. The van der Waals surface area contributed by atoms with E-state index in [1.807, 2.05) is 18.2 Å². The molecule has 0 saturated heterocycles. The summed E-state index contributed by atoms with van der Waals surface area (Å²) >= 11 is 6.44. The lowest BCUT2D eigenvalue weighted by molar-refractivity contribution is -0.902. The van der Waals surface area contributed by atoms with E-state index in [4.69, 9.17) is 0 Å². The molecule has 0 amide bonds. The molecule has 1 nitrogen and oxygen atoms in total. The summed E-state index contributed by atoms with van der Waals surface area (Å²) in [5.74, 6) is 0. The minimum Gasteiger partial charge on any atom is -0.324 e. The molecule has 0 atom stereocenters. The van der Waals surface area contributed by atoms with Crippen LogP contribution in [-0.2, 0) is 6.54 Å². The summed E-state index contributed by atoms with van der Waals surface area (Å²) in [6, 6.07) is 10.5. The molecule has 0 unspecified atom stereocenters. The molecule has 0 aliphatic carbocycles. The fraction of sp³-hybridized carbons (Fsp3) is 0.200. The number of hydrogen-bond acceptors (Lipinski definition) is 0. The smallest absolute Gasteiger partial charge is 0.104 e. The Bertz CT molecular complexity index is 429. The molecule has 3 heteroatoms. The van der Waals surface area contributed by atoms with Crippen molar-refractivity contribution < 1.29 is 4.90 Å². The summed E-state index contributed by atoms with van der Waals surface area (Å²) in [7, 11) is 0. The highest BCUT2D eigenvalue weighted by atomic mass is 79.9. The first-order chi connectivity index (χ1) is 8.86. The van der Waals surface area contributed by atoms with Crippen molar-refractivity contribution in [1.82, 2.24) is 0 Å². The molecule has 0 radical (unpaired) electrons. The molecule has 1 aromatic carbocycles. The third-order valence-corrected chi connectivity index (χ3v) is 2.97. The van der Waals surface area contributed by atoms with Crippen LogP contribution >= 0.6 is 31.9 Å². The van der Waals surface area contributed by atoms with Gasteiger partial charge in [0, 0.05) is 27.7 Å². The zero-order valence-electron chi connectivity index (χ0n) is 10.1. The Morgan fingerprint density at radius 1 is 0.944 bits per heavy atom. The maximum absolute atomic E-state index is 3.22. The van der Waals surface area contributed by atoms with Crippen LogP contribution in [-0.4, -0.2) is 13.1 Å². The Kier molecular flexibility index (Phi) is 8.58. The van der Waals surface area contributed by atoms with Crippen molar-refractivity contribution in [3.05, 3.63) is 69.5 Å². The second kappa shape index (κ2) is 10.1. The lowest BCUT2D eigenvalue weighted by atomic mass is 10.2. The van der Waals surface area contributed by atoms with Crippen molar-refractivity contribution in [2.75, 3.05) is 13.1 Å². The molecule has 0 aliphatic rings. The minimum absolute atomic E-state index is 0.942. The van der Waals surface area contributed by atoms with Gasteiger partial charge in [0.1, 0.15) is 19.6 Å². The molecule has 1 N–H and O–H groups in total. The highest BCUT2D eigenvalue weighted by Crippen LogP contribution is 1.95. The average Bonchev–Trinajstić information content (AvgIpc) is 2.40. The van der Waals surface area contributed by atoms with Crippen molar-refractivity contribution in [1.29, 1.82) is 0 Å². The third-order valence-electron chi connectivity index (χ3n) is 2.44. The molecule has 0 saturated carbocycles. The molecule has 0 aromatic heterocycles. The summed E-state index contributed by atoms with van der Waals surface area (Å²) < 4.78 is 0. The minimum atomic E-state index is 0.942. The van der Waals surface area contributed by atoms with Gasteiger partial charge in [-0.25, -0.2) is 0 Å². The zero-order valence-corrected chi connectivity index (χ0v) is 13.2. The van der Waals surface area contributed by atoms with E-state index in [0.717, 1.165) is 19.6 Å². The van der Waals surface area contributed by atoms with Crippen LogP contribution in [0.1, 0.15) is 5.56 Å². The molecule has 0 bridgehead atoms. The Hall–Kier alpha value is -0.820. The average molecular weight is 370 g/mol. The van der Waals surface area contributed by atoms with E-state index in [1.165, 1.54) is 10.5 Å². The molecule has 0 heterocycles. The summed E-state index contributed by atoms with van der Waals surface area (Å²) in [6.45, 7) is 2.89. The van der Waals surface area contributed by atoms with Gasteiger partial charge in [-0.1, -0.05) is 62.2 Å². The molecule has 0 aliphatic heterocycles. The number of halogens is 2. The van der Waals surface area contributed by atoms with Crippen molar-refractivity contribution in [3.8, 4) is 0 Å². The van der Waals surface area contributed by atoms with Gasteiger partial charge in [0.15, 0.2) is 0 Å². The maximum Gasteiger partial charge on any atom is 0.104 e. The summed E-state index contributed by atoms with van der Waals surface area (Å²) in [4.78, 5) is 4.95. The Balaban J connectivity index is 2.64. The fourth-order valence-corrected chi connectivity index (χ4v) is 1.98. The number of rotatable bonds is 6. The van der Waals surface area contributed by atoms with E-state index in [-0.39, 0.29) is 0 Å². The highest BCUT2D eigenvalue weighted by molar-refractivity contribution is 9.11. The Labute approximate surface area is 125 Å². The van der Waals surface area contributed by atoms with Gasteiger partial charge < -0.3 is 4.90 Å². The quantitative estimate of drug-likeness (QED) is 0.734. The summed E-state index contributed by atoms with van der Waals surface area (Å²) in [5.41, 5.74) is 7.45. The van der Waals surface area contributed by atoms with Gasteiger partial charge in [-0.3, -0.25) is 0 Å². The van der Waals surface area contributed by atoms with Crippen molar-refractivity contribution >= 4 is 31.9 Å². The lowest BCUT2D eigenvalue weighted by Crippen LogP contribution is -3.10. The lowest BCUT2D eigenvalue weighted by Gasteiger charge is -2.15. The first kappa shape index (κ1) is 15.2. The van der Waals surface area contributed by atoms with Crippen molar-refractivity contribution in [2.45, 2.75) is 6.54 Å². The molecule has 0 fully saturated rings. The summed E-state index contributed by atoms with van der Waals surface area (Å²) in [5, 5.41) is 0. The van der Waals surface area contributed by atoms with Crippen LogP contribution in [0.4, 0.5) is 0 Å². The highest BCUT2D eigenvalue weighted by Gasteiger charge is 2.05.